The summed E-state index contributed by atoms with van der Waals surface area (Å²) in [5, 5.41) is 20.6. The first-order valence-electron chi connectivity index (χ1n) is 13.3. The Morgan fingerprint density at radius 1 is 1.15 bits per heavy atom. The lowest BCUT2D eigenvalue weighted by Gasteiger charge is -2.31. The van der Waals surface area contributed by atoms with Gasteiger partial charge < -0.3 is 40.8 Å². The second-order valence-electron chi connectivity index (χ2n) is 10.5. The van der Waals surface area contributed by atoms with Crippen LogP contribution in [0.15, 0.2) is 23.8 Å². The van der Waals surface area contributed by atoms with E-state index in [1.807, 2.05) is 0 Å². The zero-order chi connectivity index (χ0) is 32.5. The van der Waals surface area contributed by atoms with E-state index in [0.29, 0.717) is 0 Å². The summed E-state index contributed by atoms with van der Waals surface area (Å²) in [6, 6.07) is 0. The molecule has 9 N–H and O–H groups in total. The van der Waals surface area contributed by atoms with E-state index in [-0.39, 0.29) is 40.7 Å². The van der Waals surface area contributed by atoms with E-state index >= 15 is 0 Å². The van der Waals surface area contributed by atoms with Crippen molar-refractivity contribution in [2.75, 3.05) is 31.3 Å². The Morgan fingerprint density at radius 2 is 1.89 bits per heavy atom. The van der Waals surface area contributed by atoms with Crippen LogP contribution in [0.4, 0.5) is 11.8 Å². The Balaban J connectivity index is 1.14. The summed E-state index contributed by atoms with van der Waals surface area (Å²) in [7, 11) is -8.36. The number of nitrogen functional groups attached to an aromatic ring is 2. The first-order valence-corrected chi connectivity index (χ1v) is 15.9. The smallest absolute Gasteiger partial charge is 0.394 e. The second kappa shape index (κ2) is 11.3. The number of aliphatic hydroxyl groups excluding tert-OH is 2. The highest BCUT2D eigenvalue weighted by Gasteiger charge is 2.67. The van der Waals surface area contributed by atoms with Crippen LogP contribution in [0.2, 0.25) is 0 Å². The number of hydrogen-bond acceptors (Lipinski definition) is 18. The SMILES string of the molecule is Nc1nc2c(ncn2[C@@H]2O[C@H](CO)C(O)C2OP(=O)(O)OC[C@]23COC(C2O[P+](=O)O)[C@H](n2cnc4c(N)ncnc42)O3)c(=O)[nH]1. The quantitative estimate of drug-likeness (QED) is 0.0852. The molecule has 0 aliphatic carbocycles. The topological polar surface area (TPSA) is 330 Å². The van der Waals surface area contributed by atoms with E-state index in [0.717, 1.165) is 10.9 Å². The third kappa shape index (κ3) is 5.06. The van der Waals surface area contributed by atoms with Gasteiger partial charge in [-0.1, -0.05) is 0 Å². The molecule has 0 spiro atoms. The minimum atomic E-state index is -5.16. The molecule has 3 aliphatic heterocycles. The number of aromatic nitrogens is 8. The molecule has 10 atom stereocenters. The Bertz CT molecular complexity index is 1940. The van der Waals surface area contributed by atoms with Crippen LogP contribution in [0, 0.1) is 0 Å². The highest BCUT2D eigenvalue weighted by Crippen LogP contribution is 2.54. The Labute approximate surface area is 255 Å². The highest BCUT2D eigenvalue weighted by atomic mass is 31.2. The minimum Gasteiger partial charge on any atom is -0.394 e. The fourth-order valence-corrected chi connectivity index (χ4v) is 7.23. The molecule has 3 fully saturated rings. The molecule has 4 aromatic heterocycles. The number of nitrogens with one attached hydrogen (secondary N) is 1. The molecule has 0 saturated carbocycles. The van der Waals surface area contributed by atoms with Crippen molar-refractivity contribution in [2.24, 2.45) is 0 Å². The van der Waals surface area contributed by atoms with Gasteiger partial charge in [0.2, 0.25) is 5.95 Å². The first kappa shape index (κ1) is 31.1. The number of phosphoric acid groups is 1. The van der Waals surface area contributed by atoms with E-state index < -0.39 is 83.4 Å². The molecule has 3 saturated heterocycles. The maximum absolute atomic E-state index is 13.4. The summed E-state index contributed by atoms with van der Waals surface area (Å²) in [6.45, 7) is -1.78. The Kier molecular flexibility index (Phi) is 7.62. The van der Waals surface area contributed by atoms with Crippen molar-refractivity contribution in [3.8, 4) is 0 Å². The zero-order valence-corrected chi connectivity index (χ0v) is 24.8. The van der Waals surface area contributed by atoms with E-state index in [9.17, 15) is 33.9 Å². The molecular formula is C21H25N10O13P2+. The highest BCUT2D eigenvalue weighted by molar-refractivity contribution is 7.47. The van der Waals surface area contributed by atoms with Crippen molar-refractivity contribution >= 4 is 50.2 Å². The van der Waals surface area contributed by atoms with Gasteiger partial charge in [-0.3, -0.25) is 28.0 Å². The number of phosphoric ester groups is 1. The molecule has 25 heteroatoms. The third-order valence-electron chi connectivity index (χ3n) is 7.78. The summed E-state index contributed by atoms with van der Waals surface area (Å²) in [5.74, 6) is -0.178. The summed E-state index contributed by atoms with van der Waals surface area (Å²) >= 11 is 0. The predicted octanol–water partition coefficient (Wildman–Crippen LogP) is -2.42. The van der Waals surface area contributed by atoms with Crippen LogP contribution < -0.4 is 17.0 Å². The number of aliphatic hydroxyl groups is 2. The van der Waals surface area contributed by atoms with Crippen LogP contribution in [0.25, 0.3) is 22.3 Å². The van der Waals surface area contributed by atoms with E-state index in [4.69, 9.17) is 39.2 Å². The van der Waals surface area contributed by atoms with Crippen molar-refractivity contribution in [2.45, 2.75) is 48.6 Å². The molecule has 0 amide bonds. The fraction of sp³-hybridized carbons (Fsp3) is 0.524. The van der Waals surface area contributed by atoms with E-state index in [1.165, 1.54) is 17.2 Å². The molecule has 2 bridgehead atoms. The first-order chi connectivity index (χ1) is 21.9. The number of ether oxygens (including phenoxy) is 3. The molecule has 46 heavy (non-hydrogen) atoms. The number of anilines is 2. The normalized spacial score (nSPS) is 32.4. The maximum Gasteiger partial charge on any atom is 0.695 e. The summed E-state index contributed by atoms with van der Waals surface area (Å²) in [4.78, 5) is 55.1. The minimum absolute atomic E-state index is 0.0880. The Hall–Kier alpha value is -3.57. The Morgan fingerprint density at radius 3 is 2.63 bits per heavy atom. The number of aromatic amines is 1. The average Bonchev–Trinajstić information content (AvgIpc) is 3.81. The van der Waals surface area contributed by atoms with E-state index in [2.05, 4.69) is 29.9 Å². The largest absolute Gasteiger partial charge is 0.695 e. The number of nitrogens with two attached hydrogens (primary N) is 2. The second-order valence-corrected chi connectivity index (χ2v) is 12.6. The molecule has 23 nitrogen and oxygen atoms in total. The molecule has 0 radical (unpaired) electrons. The van der Waals surface area contributed by atoms with Crippen LogP contribution in [-0.4, -0.2) is 115 Å². The van der Waals surface area contributed by atoms with Gasteiger partial charge >= 0.3 is 16.1 Å². The summed E-state index contributed by atoms with van der Waals surface area (Å²) < 4.78 is 61.2. The average molecular weight is 687 g/mol. The number of imidazole rings is 2. The van der Waals surface area contributed by atoms with Crippen molar-refractivity contribution in [1.29, 1.82) is 0 Å². The fourth-order valence-electron chi connectivity index (χ4n) is 5.74. The molecule has 4 aromatic rings. The zero-order valence-electron chi connectivity index (χ0n) is 23.0. The molecular weight excluding hydrogens is 662 g/mol. The van der Waals surface area contributed by atoms with Crippen LogP contribution >= 0.6 is 16.1 Å². The molecule has 3 aliphatic rings. The standard InChI is InChI=1S/C21H24N10O13P2/c22-14-8-15(25-4-24-14)30(5-26-8)19-12-13(43-45(35)36)21(42-19,2-39-12)3-40-46(37,38)44-11-10(33)7(1-32)41-18(11)31-6-27-9-16(31)28-20(23)29-17(9)34/h4-7,10-13,18-19,32-33H,1-3H2,(H6-,22,23,24,25,28,29,34,35,36,37,38)/p+1/t7-,10?,11?,12?,13?,18-,19-,21-/m1/s1. The lowest BCUT2D eigenvalue weighted by molar-refractivity contribution is -0.184. The predicted molar refractivity (Wildman–Crippen MR) is 147 cm³/mol. The number of nitrogens with zero attached hydrogens (tertiary/aromatic N) is 7. The van der Waals surface area contributed by atoms with Crippen molar-refractivity contribution < 1.29 is 56.9 Å². The molecule has 6 unspecified atom stereocenters. The van der Waals surface area contributed by atoms with Gasteiger partial charge in [0.25, 0.3) is 5.56 Å². The van der Waals surface area contributed by atoms with E-state index in [1.54, 1.807) is 0 Å². The monoisotopic (exact) mass is 687 g/mol. The van der Waals surface area contributed by atoms with Crippen LogP contribution in [0.1, 0.15) is 12.5 Å². The third-order valence-corrected chi connectivity index (χ3v) is 9.16. The lowest BCUT2D eigenvalue weighted by Crippen LogP contribution is -2.45. The van der Waals surface area contributed by atoms with Gasteiger partial charge in [0.05, 0.1) is 32.5 Å². The number of fused-ring (bicyclic) bond motifs is 4. The van der Waals surface area contributed by atoms with Gasteiger partial charge in [0, 0.05) is 4.57 Å². The van der Waals surface area contributed by atoms with Gasteiger partial charge in [0.1, 0.15) is 36.3 Å². The molecule has 0 aromatic carbocycles. The van der Waals surface area contributed by atoms with Gasteiger partial charge in [-0.15, -0.1) is 9.42 Å². The number of H-pyrrole nitrogens is 1. The van der Waals surface area contributed by atoms with Crippen LogP contribution in [-0.2, 0) is 36.9 Å². The molecule has 7 rings (SSSR count). The van der Waals surface area contributed by atoms with Crippen molar-refractivity contribution in [1.82, 2.24) is 39.0 Å². The summed E-state index contributed by atoms with van der Waals surface area (Å²) in [5.41, 5.74) is 9.37. The number of hydrogen-bond donors (Lipinski definition) is 7. The van der Waals surface area contributed by atoms with Crippen LogP contribution in [0.3, 0.4) is 0 Å². The van der Waals surface area contributed by atoms with Crippen LogP contribution in [0.5, 0.6) is 0 Å². The lowest BCUT2D eigenvalue weighted by atomic mass is 10.0. The van der Waals surface area contributed by atoms with Crippen molar-refractivity contribution in [3.05, 3.63) is 29.3 Å². The molecule has 7 heterocycles. The molecule has 246 valence electrons. The number of rotatable bonds is 10. The maximum atomic E-state index is 13.4. The summed E-state index contributed by atoms with van der Waals surface area (Å²) in [6.07, 6.45) is -5.84. The van der Waals surface area contributed by atoms with Gasteiger partial charge in [0.15, 0.2) is 46.8 Å². The van der Waals surface area contributed by atoms with Gasteiger partial charge in [-0.2, -0.15) is 4.98 Å². The van der Waals surface area contributed by atoms with Gasteiger partial charge in [-0.05, 0) is 0 Å². The van der Waals surface area contributed by atoms with Crippen molar-refractivity contribution in [3.63, 3.8) is 0 Å². The van der Waals surface area contributed by atoms with Gasteiger partial charge in [-0.25, -0.2) is 24.5 Å².